The Morgan fingerprint density at radius 1 is 1.02 bits per heavy atom. The summed E-state index contributed by atoms with van der Waals surface area (Å²) in [6, 6.07) is 19.5. The number of hydrazone groups is 1. The molecule has 43 heavy (non-hydrogen) atoms. The number of nitrogens with one attached hydrogen (secondary N) is 1. The quantitative estimate of drug-likeness (QED) is 0.132. The van der Waals surface area contributed by atoms with Crippen LogP contribution in [-0.2, 0) is 21.4 Å². The number of amides is 1. The summed E-state index contributed by atoms with van der Waals surface area (Å²) in [5.74, 6) is -0.429. The highest BCUT2D eigenvalue weighted by atomic mass is 79.9. The summed E-state index contributed by atoms with van der Waals surface area (Å²) in [6.07, 6.45) is 1.37. The van der Waals surface area contributed by atoms with Crippen molar-refractivity contribution in [3.8, 4) is 11.5 Å². The van der Waals surface area contributed by atoms with Gasteiger partial charge in [0.2, 0.25) is 0 Å². The highest BCUT2D eigenvalue weighted by Crippen LogP contribution is 2.37. The van der Waals surface area contributed by atoms with Gasteiger partial charge in [0.05, 0.1) is 38.4 Å². The van der Waals surface area contributed by atoms with Crippen molar-refractivity contribution in [1.29, 1.82) is 0 Å². The highest BCUT2D eigenvalue weighted by molar-refractivity contribution is 9.10. The molecule has 0 aliphatic carbocycles. The first kappa shape index (κ1) is 32.3. The van der Waals surface area contributed by atoms with Crippen LogP contribution in [0.3, 0.4) is 0 Å². The number of hydrogen-bond donors (Lipinski definition) is 1. The lowest BCUT2D eigenvalue weighted by molar-refractivity contribution is -0.119. The van der Waals surface area contributed by atoms with Crippen LogP contribution in [0.5, 0.6) is 11.5 Å². The van der Waals surface area contributed by atoms with E-state index in [1.807, 2.05) is 6.92 Å². The number of nitrogens with zero attached hydrogens (tertiary/aromatic N) is 2. The maximum absolute atomic E-state index is 13.6. The van der Waals surface area contributed by atoms with Crippen LogP contribution in [0.2, 0.25) is 10.0 Å². The Morgan fingerprint density at radius 2 is 1.72 bits per heavy atom. The molecule has 0 radical (unpaired) electrons. The van der Waals surface area contributed by atoms with Gasteiger partial charge in [-0.15, -0.1) is 0 Å². The van der Waals surface area contributed by atoms with Crippen molar-refractivity contribution in [2.24, 2.45) is 5.10 Å². The van der Waals surface area contributed by atoms with Crippen LogP contribution in [0, 0.1) is 12.7 Å². The Balaban J connectivity index is 1.48. The van der Waals surface area contributed by atoms with E-state index < -0.39 is 28.3 Å². The lowest BCUT2D eigenvalue weighted by Gasteiger charge is -2.23. The first-order valence-corrected chi connectivity index (χ1v) is 15.6. The molecule has 0 saturated carbocycles. The van der Waals surface area contributed by atoms with Crippen molar-refractivity contribution >= 4 is 67.0 Å². The molecule has 4 rings (SSSR count). The molecule has 1 amide bonds. The van der Waals surface area contributed by atoms with Crippen LogP contribution in [0.4, 0.5) is 10.1 Å². The minimum atomic E-state index is -4.16. The van der Waals surface area contributed by atoms with E-state index >= 15 is 0 Å². The fourth-order valence-electron chi connectivity index (χ4n) is 3.84. The van der Waals surface area contributed by atoms with Crippen molar-refractivity contribution in [3.05, 3.63) is 116 Å². The average molecular weight is 709 g/mol. The van der Waals surface area contributed by atoms with Gasteiger partial charge in [0, 0.05) is 0 Å². The number of anilines is 1. The first-order valence-electron chi connectivity index (χ1n) is 12.6. The topological polar surface area (TPSA) is 97.3 Å². The lowest BCUT2D eigenvalue weighted by Crippen LogP contribution is -2.39. The van der Waals surface area contributed by atoms with E-state index in [4.69, 9.17) is 32.7 Å². The summed E-state index contributed by atoms with van der Waals surface area (Å²) in [6.45, 7) is 1.42. The smallest absolute Gasteiger partial charge is 0.264 e. The Bertz CT molecular complexity index is 1760. The molecular formula is C30H25BrCl2FN3O5S. The molecule has 224 valence electrons. The first-order chi connectivity index (χ1) is 20.5. The predicted octanol–water partition coefficient (Wildman–Crippen LogP) is 7.14. The molecule has 1 N–H and O–H groups in total. The number of carbonyl (C=O) groups excluding carboxylic acids is 1. The van der Waals surface area contributed by atoms with Gasteiger partial charge in [-0.05, 0) is 94.6 Å². The zero-order valence-corrected chi connectivity index (χ0v) is 26.8. The van der Waals surface area contributed by atoms with Crippen LogP contribution in [0.15, 0.2) is 93.3 Å². The predicted molar refractivity (Wildman–Crippen MR) is 169 cm³/mol. The van der Waals surface area contributed by atoms with Gasteiger partial charge < -0.3 is 9.47 Å². The van der Waals surface area contributed by atoms with Crippen molar-refractivity contribution in [3.63, 3.8) is 0 Å². The van der Waals surface area contributed by atoms with Gasteiger partial charge in [-0.25, -0.2) is 18.2 Å². The second-order valence-corrected chi connectivity index (χ2v) is 12.7. The minimum Gasteiger partial charge on any atom is -0.493 e. The second-order valence-electron chi connectivity index (χ2n) is 9.17. The van der Waals surface area contributed by atoms with Gasteiger partial charge in [0.1, 0.15) is 19.0 Å². The molecule has 4 aromatic rings. The summed E-state index contributed by atoms with van der Waals surface area (Å²) in [7, 11) is -2.68. The Kier molecular flexibility index (Phi) is 10.7. The zero-order valence-electron chi connectivity index (χ0n) is 22.9. The van der Waals surface area contributed by atoms with Gasteiger partial charge in [-0.3, -0.25) is 9.10 Å². The fraction of sp³-hybridized carbons (Fsp3) is 0.133. The fourth-order valence-corrected chi connectivity index (χ4v) is 6.16. The number of sulfonamides is 1. The zero-order chi connectivity index (χ0) is 31.1. The molecule has 0 saturated heterocycles. The number of methoxy groups -OCH3 is 1. The third-order valence-corrected chi connectivity index (χ3v) is 9.15. The maximum Gasteiger partial charge on any atom is 0.264 e. The normalized spacial score (nSPS) is 11.4. The maximum atomic E-state index is 13.6. The highest BCUT2D eigenvalue weighted by Gasteiger charge is 2.27. The van der Waals surface area contributed by atoms with Gasteiger partial charge in [-0.1, -0.05) is 47.0 Å². The number of halogens is 4. The minimum absolute atomic E-state index is 0.0165. The van der Waals surface area contributed by atoms with Gasteiger partial charge in [0.15, 0.2) is 11.5 Å². The third kappa shape index (κ3) is 8.26. The van der Waals surface area contributed by atoms with Crippen molar-refractivity contribution in [2.45, 2.75) is 18.4 Å². The van der Waals surface area contributed by atoms with E-state index in [9.17, 15) is 17.6 Å². The summed E-state index contributed by atoms with van der Waals surface area (Å²) in [5, 5.41) is 4.83. The Morgan fingerprint density at radius 3 is 2.37 bits per heavy atom. The molecule has 0 atom stereocenters. The summed E-state index contributed by atoms with van der Waals surface area (Å²) >= 11 is 15.5. The molecule has 0 aliphatic rings. The van der Waals surface area contributed by atoms with E-state index in [0.29, 0.717) is 31.6 Å². The molecular weight excluding hydrogens is 684 g/mol. The number of carbonyl (C=O) groups is 1. The summed E-state index contributed by atoms with van der Waals surface area (Å²) in [5.41, 5.74) is 4.68. The molecule has 4 aromatic carbocycles. The van der Waals surface area contributed by atoms with Crippen LogP contribution >= 0.6 is 39.1 Å². The summed E-state index contributed by atoms with van der Waals surface area (Å²) < 4.78 is 53.3. The number of rotatable bonds is 11. The number of aryl methyl sites for hydroxylation is 1. The van der Waals surface area contributed by atoms with Gasteiger partial charge >= 0.3 is 0 Å². The average Bonchev–Trinajstić information content (AvgIpc) is 2.97. The Labute approximate surface area is 267 Å². The number of benzene rings is 4. The molecule has 0 aromatic heterocycles. The second kappa shape index (κ2) is 14.2. The molecule has 8 nitrogen and oxygen atoms in total. The monoisotopic (exact) mass is 707 g/mol. The number of hydrogen-bond acceptors (Lipinski definition) is 6. The van der Waals surface area contributed by atoms with Crippen LogP contribution in [-0.4, -0.2) is 34.2 Å². The standard InChI is InChI=1S/C30H25BrCl2FN3O5S/c1-19-3-10-24(11-4-19)43(39,40)37(23-8-6-22(34)7-9-23)17-29(38)36-35-16-21-13-25(31)30(28(15-21)41-2)42-18-20-5-12-26(32)27(33)14-20/h3-16H,17-18H2,1-2H3,(H,36,38)/b35-16+. The molecule has 0 spiro atoms. The van der Waals surface area contributed by atoms with Crippen molar-refractivity contribution in [2.75, 3.05) is 18.0 Å². The van der Waals surface area contributed by atoms with E-state index in [1.54, 1.807) is 42.5 Å². The molecule has 0 fully saturated rings. The molecule has 13 heteroatoms. The molecule has 0 unspecified atom stereocenters. The van der Waals surface area contributed by atoms with Crippen LogP contribution in [0.25, 0.3) is 0 Å². The van der Waals surface area contributed by atoms with Crippen LogP contribution < -0.4 is 19.2 Å². The Hall–Kier alpha value is -3.64. The molecule has 0 heterocycles. The van der Waals surface area contributed by atoms with E-state index in [2.05, 4.69) is 26.5 Å². The molecule has 0 aliphatic heterocycles. The largest absolute Gasteiger partial charge is 0.493 e. The van der Waals surface area contributed by atoms with Crippen molar-refractivity contribution in [1.82, 2.24) is 5.43 Å². The SMILES string of the molecule is COc1cc(/C=N/NC(=O)CN(c2ccc(F)cc2)S(=O)(=O)c2ccc(C)cc2)cc(Br)c1OCc1ccc(Cl)c(Cl)c1. The third-order valence-electron chi connectivity index (χ3n) is 6.03. The van der Waals surface area contributed by atoms with Gasteiger partial charge in [-0.2, -0.15) is 5.10 Å². The van der Waals surface area contributed by atoms with Crippen molar-refractivity contribution < 1.29 is 27.1 Å². The van der Waals surface area contributed by atoms with E-state index in [-0.39, 0.29) is 17.2 Å². The van der Waals surface area contributed by atoms with E-state index in [0.717, 1.165) is 27.6 Å². The van der Waals surface area contributed by atoms with Gasteiger partial charge in [0.25, 0.3) is 15.9 Å². The lowest BCUT2D eigenvalue weighted by atomic mass is 10.2. The summed E-state index contributed by atoms with van der Waals surface area (Å²) in [4.78, 5) is 12.8. The van der Waals surface area contributed by atoms with E-state index in [1.165, 1.54) is 37.6 Å². The van der Waals surface area contributed by atoms with Crippen LogP contribution in [0.1, 0.15) is 16.7 Å². The molecule has 0 bridgehead atoms. The number of ether oxygens (including phenoxy) is 2.